The van der Waals surface area contributed by atoms with Gasteiger partial charge in [-0.1, -0.05) is 29.8 Å². The molecule has 1 unspecified atom stereocenters. The van der Waals surface area contributed by atoms with Gasteiger partial charge in [0.15, 0.2) is 0 Å². The molecular weight excluding hydrogens is 232 g/mol. The number of hydrogen-bond donors (Lipinski definition) is 1. The lowest BCUT2D eigenvalue weighted by atomic mass is 9.93. The maximum absolute atomic E-state index is 6.23. The van der Waals surface area contributed by atoms with Crippen LogP contribution in [0.4, 0.5) is 0 Å². The van der Waals surface area contributed by atoms with Gasteiger partial charge in [0.2, 0.25) is 0 Å². The summed E-state index contributed by atoms with van der Waals surface area (Å²) in [4.78, 5) is 0. The van der Waals surface area contributed by atoms with Crippen molar-refractivity contribution in [2.45, 2.75) is 45.7 Å². The highest BCUT2D eigenvalue weighted by molar-refractivity contribution is 5.34. The minimum atomic E-state index is 0.237. The summed E-state index contributed by atoms with van der Waals surface area (Å²) in [6.45, 7) is 5.31. The Bertz CT molecular complexity index is 595. The van der Waals surface area contributed by atoms with Gasteiger partial charge in [-0.3, -0.25) is 0 Å². The van der Waals surface area contributed by atoms with Crippen molar-refractivity contribution in [3.63, 3.8) is 0 Å². The fourth-order valence-corrected chi connectivity index (χ4v) is 3.21. The average molecular weight is 254 g/mol. The van der Waals surface area contributed by atoms with E-state index in [9.17, 15) is 0 Å². The van der Waals surface area contributed by atoms with Gasteiger partial charge in [-0.05, 0) is 50.3 Å². The van der Waals surface area contributed by atoms with Crippen LogP contribution in [0.3, 0.4) is 0 Å². The zero-order valence-corrected chi connectivity index (χ0v) is 11.8. The van der Waals surface area contributed by atoms with Crippen molar-refractivity contribution in [1.82, 2.24) is 4.57 Å². The van der Waals surface area contributed by atoms with E-state index < -0.39 is 0 Å². The van der Waals surface area contributed by atoms with Gasteiger partial charge < -0.3 is 10.3 Å². The average Bonchev–Trinajstić information content (AvgIpc) is 2.69. The van der Waals surface area contributed by atoms with E-state index >= 15 is 0 Å². The van der Waals surface area contributed by atoms with E-state index in [0.717, 1.165) is 13.0 Å². The normalized spacial score (nSPS) is 18.4. The molecule has 100 valence electrons. The first-order valence-corrected chi connectivity index (χ1v) is 7.15. The summed E-state index contributed by atoms with van der Waals surface area (Å²) in [6.07, 6.45) is 3.51. The lowest BCUT2D eigenvalue weighted by Crippen LogP contribution is -2.18. The third kappa shape index (κ3) is 2.33. The smallest absolute Gasteiger partial charge is 0.0475 e. The molecule has 1 aliphatic rings. The van der Waals surface area contributed by atoms with Gasteiger partial charge in [0.25, 0.3) is 0 Å². The number of rotatable bonds is 2. The molecule has 2 nitrogen and oxygen atoms in total. The number of nitrogens with zero attached hydrogens (tertiary/aromatic N) is 1. The van der Waals surface area contributed by atoms with Gasteiger partial charge in [0.05, 0.1) is 0 Å². The Morgan fingerprint density at radius 3 is 2.89 bits per heavy atom. The highest BCUT2D eigenvalue weighted by atomic mass is 15.0. The second-order valence-electron chi connectivity index (χ2n) is 5.76. The van der Waals surface area contributed by atoms with Crippen molar-refractivity contribution in [3.8, 4) is 0 Å². The minimum Gasteiger partial charge on any atom is -0.344 e. The van der Waals surface area contributed by atoms with Gasteiger partial charge in [-0.25, -0.2) is 0 Å². The molecule has 1 heterocycles. The van der Waals surface area contributed by atoms with Crippen molar-refractivity contribution in [2.24, 2.45) is 5.73 Å². The van der Waals surface area contributed by atoms with Gasteiger partial charge in [0.1, 0.15) is 0 Å². The third-order valence-electron chi connectivity index (χ3n) is 4.20. The van der Waals surface area contributed by atoms with Crippen molar-refractivity contribution in [1.29, 1.82) is 0 Å². The molecule has 0 fully saturated rings. The first-order chi connectivity index (χ1) is 9.15. The molecule has 0 amide bonds. The maximum atomic E-state index is 6.23. The molecule has 0 bridgehead atoms. The van der Waals surface area contributed by atoms with Crippen molar-refractivity contribution in [2.75, 3.05) is 0 Å². The molecule has 2 N–H and O–H groups in total. The molecule has 2 aromatic rings. The molecule has 0 radical (unpaired) electrons. The van der Waals surface area contributed by atoms with Crippen LogP contribution < -0.4 is 5.73 Å². The monoisotopic (exact) mass is 254 g/mol. The summed E-state index contributed by atoms with van der Waals surface area (Å²) in [6, 6.07) is 11.3. The second kappa shape index (κ2) is 4.86. The number of benzene rings is 1. The lowest BCUT2D eigenvalue weighted by molar-refractivity contribution is 0.546. The lowest BCUT2D eigenvalue weighted by Gasteiger charge is -2.21. The van der Waals surface area contributed by atoms with E-state index in [1.807, 2.05) is 0 Å². The zero-order valence-electron chi connectivity index (χ0n) is 11.8. The van der Waals surface area contributed by atoms with E-state index in [1.165, 1.54) is 40.9 Å². The predicted octanol–water partition coefficient (Wildman–Crippen LogP) is 3.49. The van der Waals surface area contributed by atoms with Crippen molar-refractivity contribution < 1.29 is 0 Å². The van der Waals surface area contributed by atoms with Crippen LogP contribution in [0.15, 0.2) is 30.3 Å². The Kier molecular flexibility index (Phi) is 3.19. The number of hydrogen-bond acceptors (Lipinski definition) is 1. The van der Waals surface area contributed by atoms with Crippen LogP contribution in [-0.4, -0.2) is 4.57 Å². The number of aromatic nitrogens is 1. The van der Waals surface area contributed by atoms with Crippen LogP contribution >= 0.6 is 0 Å². The molecular formula is C17H22N2. The van der Waals surface area contributed by atoms with Crippen LogP contribution in [0.25, 0.3) is 0 Å². The molecule has 2 heteroatoms. The van der Waals surface area contributed by atoms with Gasteiger partial charge in [-0.15, -0.1) is 0 Å². The fourth-order valence-electron chi connectivity index (χ4n) is 3.21. The maximum Gasteiger partial charge on any atom is 0.0475 e. The molecule has 0 spiro atoms. The molecule has 1 aromatic carbocycles. The molecule has 0 saturated carbocycles. The highest BCUT2D eigenvalue weighted by Gasteiger charge is 2.21. The van der Waals surface area contributed by atoms with E-state index in [1.54, 1.807) is 0 Å². The summed E-state index contributed by atoms with van der Waals surface area (Å²) in [5.41, 5.74) is 13.1. The van der Waals surface area contributed by atoms with Crippen LogP contribution in [0.5, 0.6) is 0 Å². The minimum absolute atomic E-state index is 0.237. The molecule has 3 rings (SSSR count). The van der Waals surface area contributed by atoms with Gasteiger partial charge in [0, 0.05) is 24.0 Å². The van der Waals surface area contributed by atoms with E-state index in [2.05, 4.69) is 48.7 Å². The molecule has 1 aliphatic carbocycles. The summed E-state index contributed by atoms with van der Waals surface area (Å²) >= 11 is 0. The topological polar surface area (TPSA) is 30.9 Å². The Labute approximate surface area is 115 Å². The van der Waals surface area contributed by atoms with E-state index in [-0.39, 0.29) is 6.04 Å². The summed E-state index contributed by atoms with van der Waals surface area (Å²) in [5, 5.41) is 0. The summed E-state index contributed by atoms with van der Waals surface area (Å²) in [5.74, 6) is 0. The molecule has 1 atom stereocenters. The summed E-state index contributed by atoms with van der Waals surface area (Å²) < 4.78 is 2.45. The molecule has 1 aromatic heterocycles. The van der Waals surface area contributed by atoms with E-state index in [4.69, 9.17) is 5.73 Å². The number of nitrogens with two attached hydrogens (primary N) is 1. The molecule has 0 saturated heterocycles. The number of fused-ring (bicyclic) bond motifs is 1. The fraction of sp³-hybridized carbons (Fsp3) is 0.412. The predicted molar refractivity (Wildman–Crippen MR) is 79.3 cm³/mol. The largest absolute Gasteiger partial charge is 0.344 e. The first-order valence-electron chi connectivity index (χ1n) is 7.15. The third-order valence-corrected chi connectivity index (χ3v) is 4.20. The summed E-state index contributed by atoms with van der Waals surface area (Å²) in [7, 11) is 0. The van der Waals surface area contributed by atoms with E-state index in [0.29, 0.717) is 0 Å². The van der Waals surface area contributed by atoms with Gasteiger partial charge in [-0.2, -0.15) is 0 Å². The Morgan fingerprint density at radius 1 is 1.26 bits per heavy atom. The molecule has 0 aliphatic heterocycles. The highest BCUT2D eigenvalue weighted by Crippen LogP contribution is 2.31. The quantitative estimate of drug-likeness (QED) is 0.874. The molecule has 19 heavy (non-hydrogen) atoms. The second-order valence-corrected chi connectivity index (χ2v) is 5.76. The van der Waals surface area contributed by atoms with Crippen LogP contribution in [0.2, 0.25) is 0 Å². The van der Waals surface area contributed by atoms with Crippen LogP contribution in [0.1, 0.15) is 47.0 Å². The van der Waals surface area contributed by atoms with Crippen LogP contribution in [0, 0.1) is 13.8 Å². The Morgan fingerprint density at radius 2 is 2.11 bits per heavy atom. The van der Waals surface area contributed by atoms with Gasteiger partial charge >= 0.3 is 0 Å². The van der Waals surface area contributed by atoms with Crippen molar-refractivity contribution in [3.05, 3.63) is 58.4 Å². The Balaban J connectivity index is 1.97. The van der Waals surface area contributed by atoms with Crippen LogP contribution in [-0.2, 0) is 13.0 Å². The number of aryl methyl sites for hydroxylation is 2. The van der Waals surface area contributed by atoms with Crippen molar-refractivity contribution >= 4 is 0 Å². The standard InChI is InChI=1S/C17H22N2/c1-12-5-3-6-14(9-12)11-19-13(2)10-15-16(18)7-4-8-17(15)19/h3,5-6,9-10,16H,4,7-8,11,18H2,1-2H3. The Hall–Kier alpha value is -1.54. The SMILES string of the molecule is Cc1cccc(Cn2c(C)cc3c2CCCC3N)c1. The zero-order chi connectivity index (χ0) is 13.4. The first kappa shape index (κ1) is 12.5.